The van der Waals surface area contributed by atoms with Crippen molar-refractivity contribution in [2.24, 2.45) is 25.4 Å². The average Bonchev–Trinajstić information content (AvgIpc) is 2.99. The summed E-state index contributed by atoms with van der Waals surface area (Å²) in [6, 6.07) is 32.0. The number of aryl methyl sites for hydroxylation is 1. The van der Waals surface area contributed by atoms with E-state index in [-0.39, 0.29) is 0 Å². The van der Waals surface area contributed by atoms with Crippen LogP contribution < -0.4 is 4.90 Å². The summed E-state index contributed by atoms with van der Waals surface area (Å²) in [4.78, 5) is 6.88. The summed E-state index contributed by atoms with van der Waals surface area (Å²) >= 11 is 0. The Hall–Kier alpha value is -4.45. The molecule has 0 aliphatic heterocycles. The lowest BCUT2D eigenvalue weighted by Crippen LogP contribution is -2.21. The zero-order valence-corrected chi connectivity index (χ0v) is 23.0. The van der Waals surface area contributed by atoms with Crippen molar-refractivity contribution in [3.05, 3.63) is 108 Å². The largest absolute Gasteiger partial charge is 0.372 e. The second-order valence-corrected chi connectivity index (χ2v) is 9.22. The first-order valence-electron chi connectivity index (χ1n) is 13.7. The lowest BCUT2D eigenvalue weighted by Gasteiger charge is -2.20. The molecule has 0 amide bonds. The van der Waals surface area contributed by atoms with Crippen LogP contribution in [0.25, 0.3) is 0 Å². The molecule has 0 radical (unpaired) electrons. The van der Waals surface area contributed by atoms with Crippen LogP contribution in [-0.2, 0) is 6.42 Å². The van der Waals surface area contributed by atoms with Gasteiger partial charge in [0.15, 0.2) is 0 Å². The van der Waals surface area contributed by atoms with Gasteiger partial charge in [-0.1, -0.05) is 37.6 Å². The zero-order chi connectivity index (χ0) is 27.3. The number of nitrogens with zero attached hydrogens (tertiary/aromatic N) is 6. The molecule has 0 fully saturated rings. The third-order valence-electron chi connectivity index (χ3n) is 6.40. The van der Waals surface area contributed by atoms with E-state index in [1.54, 1.807) is 0 Å². The Balaban J connectivity index is 1.30. The highest BCUT2D eigenvalue weighted by atomic mass is 15.1. The maximum absolute atomic E-state index is 4.57. The van der Waals surface area contributed by atoms with Gasteiger partial charge < -0.3 is 4.90 Å². The van der Waals surface area contributed by atoms with Gasteiger partial charge in [0.2, 0.25) is 0 Å². The first kappa shape index (κ1) is 27.6. The molecule has 0 aliphatic rings. The molecule has 39 heavy (non-hydrogen) atoms. The Labute approximate surface area is 231 Å². The maximum Gasteiger partial charge on any atom is 0.0858 e. The van der Waals surface area contributed by atoms with E-state index >= 15 is 0 Å². The third kappa shape index (κ3) is 8.54. The van der Waals surface area contributed by atoms with Crippen LogP contribution >= 0.6 is 0 Å². The third-order valence-corrected chi connectivity index (χ3v) is 6.40. The van der Waals surface area contributed by atoms with Gasteiger partial charge in [0.05, 0.1) is 28.4 Å². The summed E-state index contributed by atoms with van der Waals surface area (Å²) < 4.78 is 0. The van der Waals surface area contributed by atoms with Crippen molar-refractivity contribution in [1.29, 1.82) is 0 Å². The highest BCUT2D eigenvalue weighted by Crippen LogP contribution is 2.24. The Bertz CT molecular complexity index is 1370. The zero-order valence-electron chi connectivity index (χ0n) is 23.0. The van der Waals surface area contributed by atoms with Crippen LogP contribution in [0.1, 0.15) is 44.7 Å². The number of benzene rings is 4. The van der Waals surface area contributed by atoms with Crippen LogP contribution in [0.2, 0.25) is 0 Å². The quantitative estimate of drug-likeness (QED) is 0.136. The van der Waals surface area contributed by atoms with Crippen molar-refractivity contribution in [3.8, 4) is 0 Å². The molecule has 0 bridgehead atoms. The lowest BCUT2D eigenvalue weighted by atomic mass is 10.1. The van der Waals surface area contributed by atoms with E-state index in [1.165, 1.54) is 24.1 Å². The first-order valence-corrected chi connectivity index (χ1v) is 13.7. The van der Waals surface area contributed by atoms with E-state index in [1.807, 2.05) is 79.0 Å². The van der Waals surface area contributed by atoms with Crippen molar-refractivity contribution in [2.75, 3.05) is 18.0 Å². The predicted molar refractivity (Wildman–Crippen MR) is 164 cm³/mol. The van der Waals surface area contributed by atoms with E-state index in [0.29, 0.717) is 0 Å². The summed E-state index contributed by atoms with van der Waals surface area (Å²) in [5, 5.41) is 17.4. The Morgan fingerprint density at radius 2 is 0.974 bits per heavy atom. The molecular weight excluding hydrogens is 480 g/mol. The maximum atomic E-state index is 4.57. The molecule has 0 unspecified atom stereocenters. The Kier molecular flexibility index (Phi) is 10.2. The number of unbranched alkanes of at least 4 members (excludes halogenated alkanes) is 1. The Morgan fingerprint density at radius 1 is 0.538 bits per heavy atom. The molecule has 0 aliphatic carbocycles. The normalized spacial score (nSPS) is 11.7. The van der Waals surface area contributed by atoms with Gasteiger partial charge in [0.1, 0.15) is 0 Å². The second-order valence-electron chi connectivity index (χ2n) is 9.22. The molecule has 4 aromatic carbocycles. The van der Waals surface area contributed by atoms with Crippen molar-refractivity contribution in [3.63, 3.8) is 0 Å². The van der Waals surface area contributed by atoms with Gasteiger partial charge in [0.25, 0.3) is 0 Å². The highest BCUT2D eigenvalue weighted by molar-refractivity contribution is 5.82. The van der Waals surface area contributed by atoms with Crippen molar-refractivity contribution in [1.82, 2.24) is 0 Å². The van der Waals surface area contributed by atoms with Gasteiger partial charge in [0, 0.05) is 25.0 Å². The van der Waals surface area contributed by atoms with Crippen LogP contribution in [-0.4, -0.2) is 19.3 Å². The molecule has 0 saturated heterocycles. The Morgan fingerprint density at radius 3 is 1.46 bits per heavy atom. The topological polar surface area (TPSA) is 65.0 Å². The van der Waals surface area contributed by atoms with Gasteiger partial charge >= 0.3 is 0 Å². The number of hydrogen-bond donors (Lipinski definition) is 0. The summed E-state index contributed by atoms with van der Waals surface area (Å²) in [6.07, 6.45) is 5.36. The fraction of sp³-hybridized carbons (Fsp3) is 0.242. The molecule has 0 saturated carbocycles. The van der Waals surface area contributed by atoms with Gasteiger partial charge in [-0.15, -0.1) is 0 Å². The minimum Gasteiger partial charge on any atom is -0.372 e. The number of anilines is 1. The first-order chi connectivity index (χ1) is 19.2. The summed E-state index contributed by atoms with van der Waals surface area (Å²) in [5.74, 6) is 0. The summed E-state index contributed by atoms with van der Waals surface area (Å²) in [7, 11) is 0. The smallest absolute Gasteiger partial charge is 0.0858 e. The molecule has 6 heteroatoms. The summed E-state index contributed by atoms with van der Waals surface area (Å²) in [6.45, 7) is 8.49. The standard InChI is InChI=1S/C33H36N6/c1-4-7-8-26-9-13-29(14-10-26)35-37-31-19-17-28(18-20-31)34-25-27-11-15-30(16-12-27)36-38-32-21-23-33(24-22-32)39(5-2)6-3/h9-25H,4-8H2,1-3H3. The molecule has 0 N–H and O–H groups in total. The molecular formula is C33H36N6. The van der Waals surface area contributed by atoms with Crippen LogP contribution in [0.4, 0.5) is 34.1 Å². The molecule has 4 rings (SSSR count). The van der Waals surface area contributed by atoms with Crippen LogP contribution in [0, 0.1) is 0 Å². The fourth-order valence-electron chi connectivity index (χ4n) is 4.04. The van der Waals surface area contributed by atoms with Crippen LogP contribution in [0.5, 0.6) is 0 Å². The predicted octanol–water partition coefficient (Wildman–Crippen LogP) is 10.5. The molecule has 0 atom stereocenters. The molecule has 0 heterocycles. The molecule has 198 valence electrons. The number of hydrogen-bond acceptors (Lipinski definition) is 6. The molecule has 0 aromatic heterocycles. The number of rotatable bonds is 12. The van der Waals surface area contributed by atoms with E-state index in [0.717, 1.165) is 53.5 Å². The lowest BCUT2D eigenvalue weighted by molar-refractivity contribution is 0.795. The SMILES string of the molecule is CCCCc1ccc(N=Nc2ccc(N=Cc3ccc(N=Nc4ccc(N(CC)CC)cc4)cc3)cc2)cc1. The van der Waals surface area contributed by atoms with E-state index < -0.39 is 0 Å². The second kappa shape index (κ2) is 14.5. The number of aliphatic imine (C=N–C) groups is 1. The minimum absolute atomic E-state index is 0.793. The average molecular weight is 517 g/mol. The van der Waals surface area contributed by atoms with Gasteiger partial charge in [-0.3, -0.25) is 4.99 Å². The van der Waals surface area contributed by atoms with E-state index in [9.17, 15) is 0 Å². The summed E-state index contributed by atoms with van der Waals surface area (Å²) in [5.41, 5.74) is 7.66. The monoisotopic (exact) mass is 516 g/mol. The van der Waals surface area contributed by atoms with Crippen molar-refractivity contribution >= 4 is 40.3 Å². The van der Waals surface area contributed by atoms with Crippen molar-refractivity contribution in [2.45, 2.75) is 40.0 Å². The van der Waals surface area contributed by atoms with Crippen LogP contribution in [0.3, 0.4) is 0 Å². The van der Waals surface area contributed by atoms with Crippen LogP contribution in [0.15, 0.2) is 123 Å². The van der Waals surface area contributed by atoms with Gasteiger partial charge in [-0.25, -0.2) is 0 Å². The highest BCUT2D eigenvalue weighted by Gasteiger charge is 2.01. The van der Waals surface area contributed by atoms with Crippen molar-refractivity contribution < 1.29 is 0 Å². The minimum atomic E-state index is 0.793. The van der Waals surface area contributed by atoms with E-state index in [2.05, 4.69) is 75.4 Å². The molecule has 0 spiro atoms. The number of azo groups is 2. The fourth-order valence-corrected chi connectivity index (χ4v) is 4.04. The molecule has 4 aromatic rings. The van der Waals surface area contributed by atoms with Gasteiger partial charge in [-0.05, 0) is 111 Å². The van der Waals surface area contributed by atoms with Gasteiger partial charge in [-0.2, -0.15) is 20.5 Å². The van der Waals surface area contributed by atoms with E-state index in [4.69, 9.17) is 0 Å². The molecule has 6 nitrogen and oxygen atoms in total.